The van der Waals surface area contributed by atoms with Crippen molar-refractivity contribution >= 4 is 50.2 Å². The fourth-order valence-corrected chi connectivity index (χ4v) is 6.81. The number of benzene rings is 7. The van der Waals surface area contributed by atoms with Crippen LogP contribution >= 0.6 is 0 Å². The SMILES string of the molecule is CC/C=C\c1c(C)cc(-c2ccc(Nc3ccc(-c4cccc5c4oc4ccccc45)c(-c4ccccc4)c3)cc2)c2ccccc12. The third kappa shape index (κ3) is 5.28. The van der Waals surface area contributed by atoms with Gasteiger partial charge in [-0.2, -0.15) is 0 Å². The summed E-state index contributed by atoms with van der Waals surface area (Å²) in [5.41, 5.74) is 13.5. The van der Waals surface area contributed by atoms with E-state index in [9.17, 15) is 0 Å². The minimum absolute atomic E-state index is 0.908. The van der Waals surface area contributed by atoms with E-state index in [0.717, 1.165) is 62.0 Å². The summed E-state index contributed by atoms with van der Waals surface area (Å²) in [6, 6.07) is 51.8. The maximum atomic E-state index is 6.44. The van der Waals surface area contributed by atoms with E-state index in [2.05, 4.69) is 165 Å². The number of aryl methyl sites for hydroxylation is 1. The molecular formula is C45H35NO. The summed E-state index contributed by atoms with van der Waals surface area (Å²) in [4.78, 5) is 0. The molecule has 0 spiro atoms. The molecule has 0 aliphatic heterocycles. The molecule has 0 amide bonds. The molecule has 0 fully saturated rings. The molecule has 1 aromatic heterocycles. The van der Waals surface area contributed by atoms with Gasteiger partial charge >= 0.3 is 0 Å². The fraction of sp³-hybridized carbons (Fsp3) is 0.0667. The van der Waals surface area contributed by atoms with Crippen LogP contribution in [0, 0.1) is 6.92 Å². The summed E-state index contributed by atoms with van der Waals surface area (Å²) >= 11 is 0. The first-order valence-electron chi connectivity index (χ1n) is 16.3. The van der Waals surface area contributed by atoms with Crippen LogP contribution in [0.1, 0.15) is 24.5 Å². The van der Waals surface area contributed by atoms with Crippen molar-refractivity contribution in [1.29, 1.82) is 0 Å². The standard InChI is InChI=1S/C45H35NO/c1-3-4-15-35-30(2)28-42(37-17-9-8-16-36(35)37)32-22-24-33(25-23-32)46-34-26-27-38(43(29-34)31-13-6-5-7-14-31)40-19-12-20-41-39-18-10-11-21-44(39)47-45(40)41/h4-29,46H,3H2,1-2H3/b15-4-. The van der Waals surface area contributed by atoms with Crippen LogP contribution in [0.3, 0.4) is 0 Å². The van der Waals surface area contributed by atoms with Gasteiger partial charge in [0.25, 0.3) is 0 Å². The molecule has 47 heavy (non-hydrogen) atoms. The number of hydrogen-bond acceptors (Lipinski definition) is 2. The predicted molar refractivity (Wildman–Crippen MR) is 201 cm³/mol. The van der Waals surface area contributed by atoms with E-state index in [4.69, 9.17) is 4.42 Å². The quantitative estimate of drug-likeness (QED) is 0.195. The average molecular weight is 606 g/mol. The van der Waals surface area contributed by atoms with Crippen LogP contribution in [0.25, 0.3) is 72.2 Å². The van der Waals surface area contributed by atoms with Crippen molar-refractivity contribution in [3.05, 3.63) is 163 Å². The smallest absolute Gasteiger partial charge is 0.143 e. The molecule has 0 aliphatic carbocycles. The van der Waals surface area contributed by atoms with Crippen LogP contribution < -0.4 is 5.32 Å². The Morgan fingerprint density at radius 2 is 1.21 bits per heavy atom. The first-order chi connectivity index (χ1) is 23.2. The lowest BCUT2D eigenvalue weighted by Crippen LogP contribution is -1.94. The molecule has 2 nitrogen and oxygen atoms in total. The van der Waals surface area contributed by atoms with Crippen LogP contribution in [0.5, 0.6) is 0 Å². The lowest BCUT2D eigenvalue weighted by atomic mass is 9.91. The summed E-state index contributed by atoms with van der Waals surface area (Å²) in [7, 11) is 0. The molecule has 8 rings (SSSR count). The monoisotopic (exact) mass is 605 g/mol. The van der Waals surface area contributed by atoms with E-state index < -0.39 is 0 Å². The minimum atomic E-state index is 0.908. The van der Waals surface area contributed by atoms with Gasteiger partial charge in [0.05, 0.1) is 0 Å². The molecule has 8 aromatic rings. The first-order valence-corrected chi connectivity index (χ1v) is 16.3. The molecule has 0 atom stereocenters. The number of fused-ring (bicyclic) bond motifs is 4. The van der Waals surface area contributed by atoms with E-state index in [-0.39, 0.29) is 0 Å². The zero-order valence-electron chi connectivity index (χ0n) is 26.6. The highest BCUT2D eigenvalue weighted by atomic mass is 16.3. The van der Waals surface area contributed by atoms with Crippen LogP contribution in [0.4, 0.5) is 11.4 Å². The second-order valence-corrected chi connectivity index (χ2v) is 12.1. The highest BCUT2D eigenvalue weighted by molar-refractivity contribution is 6.10. The van der Waals surface area contributed by atoms with Crippen molar-refractivity contribution in [1.82, 2.24) is 0 Å². The van der Waals surface area contributed by atoms with Gasteiger partial charge in [-0.15, -0.1) is 0 Å². The molecule has 1 N–H and O–H groups in total. The average Bonchev–Trinajstić information content (AvgIpc) is 3.51. The number of anilines is 2. The molecule has 0 aliphatic rings. The predicted octanol–water partition coefficient (Wildman–Crippen LogP) is 13.2. The third-order valence-corrected chi connectivity index (χ3v) is 9.10. The Bertz CT molecular complexity index is 2410. The van der Waals surface area contributed by atoms with Crippen LogP contribution in [-0.4, -0.2) is 0 Å². The molecule has 1 heterocycles. The fourth-order valence-electron chi connectivity index (χ4n) is 6.81. The topological polar surface area (TPSA) is 25.2 Å². The summed E-state index contributed by atoms with van der Waals surface area (Å²) < 4.78 is 6.44. The Balaban J connectivity index is 1.16. The highest BCUT2D eigenvalue weighted by Gasteiger charge is 2.16. The van der Waals surface area contributed by atoms with Gasteiger partial charge in [-0.05, 0) is 93.4 Å². The number of rotatable bonds is 7. The van der Waals surface area contributed by atoms with Gasteiger partial charge in [-0.25, -0.2) is 0 Å². The normalized spacial score (nSPS) is 11.6. The lowest BCUT2D eigenvalue weighted by Gasteiger charge is -2.15. The lowest BCUT2D eigenvalue weighted by molar-refractivity contribution is 0.670. The second-order valence-electron chi connectivity index (χ2n) is 12.1. The third-order valence-electron chi connectivity index (χ3n) is 9.10. The second kappa shape index (κ2) is 12.2. The number of allylic oxidation sites excluding steroid dienone is 1. The molecule has 0 bridgehead atoms. The highest BCUT2D eigenvalue weighted by Crippen LogP contribution is 2.41. The maximum absolute atomic E-state index is 6.44. The summed E-state index contributed by atoms with van der Waals surface area (Å²) in [5, 5.41) is 8.52. The van der Waals surface area contributed by atoms with Gasteiger partial charge in [0.2, 0.25) is 0 Å². The van der Waals surface area contributed by atoms with Crippen molar-refractivity contribution < 1.29 is 4.42 Å². The molecule has 0 saturated carbocycles. The number of hydrogen-bond donors (Lipinski definition) is 1. The Morgan fingerprint density at radius 3 is 2.02 bits per heavy atom. The van der Waals surface area contributed by atoms with Crippen molar-refractivity contribution in [3.8, 4) is 33.4 Å². The Hall–Kier alpha value is -5.86. The van der Waals surface area contributed by atoms with Gasteiger partial charge < -0.3 is 9.73 Å². The van der Waals surface area contributed by atoms with Crippen molar-refractivity contribution in [2.45, 2.75) is 20.3 Å². The van der Waals surface area contributed by atoms with Crippen LogP contribution in [0.2, 0.25) is 0 Å². The van der Waals surface area contributed by atoms with Gasteiger partial charge in [-0.1, -0.05) is 134 Å². The molecular weight excluding hydrogens is 571 g/mol. The van der Waals surface area contributed by atoms with Gasteiger partial charge in [0.1, 0.15) is 11.2 Å². The van der Waals surface area contributed by atoms with Crippen LogP contribution in [-0.2, 0) is 0 Å². The largest absolute Gasteiger partial charge is 0.455 e. The van der Waals surface area contributed by atoms with E-state index in [1.165, 1.54) is 33.0 Å². The molecule has 0 radical (unpaired) electrons. The molecule has 0 saturated heterocycles. The van der Waals surface area contributed by atoms with Crippen molar-refractivity contribution in [2.24, 2.45) is 0 Å². The summed E-state index contributed by atoms with van der Waals surface area (Å²) in [6.45, 7) is 4.39. The first kappa shape index (κ1) is 28.6. The zero-order valence-corrected chi connectivity index (χ0v) is 26.6. The molecule has 226 valence electrons. The van der Waals surface area contributed by atoms with E-state index in [1.807, 2.05) is 12.1 Å². The van der Waals surface area contributed by atoms with E-state index in [0.29, 0.717) is 0 Å². The molecule has 0 unspecified atom stereocenters. The number of furan rings is 1. The van der Waals surface area contributed by atoms with Gasteiger partial charge in [0, 0.05) is 27.7 Å². The van der Waals surface area contributed by atoms with Crippen molar-refractivity contribution in [2.75, 3.05) is 5.32 Å². The number of para-hydroxylation sites is 2. The number of nitrogens with one attached hydrogen (secondary N) is 1. The molecule has 2 heteroatoms. The Labute approximate surface area is 275 Å². The minimum Gasteiger partial charge on any atom is -0.455 e. The van der Waals surface area contributed by atoms with Crippen LogP contribution in [0.15, 0.2) is 156 Å². The van der Waals surface area contributed by atoms with Gasteiger partial charge in [0.15, 0.2) is 0 Å². The molecule has 7 aromatic carbocycles. The van der Waals surface area contributed by atoms with E-state index >= 15 is 0 Å². The van der Waals surface area contributed by atoms with E-state index in [1.54, 1.807) is 0 Å². The van der Waals surface area contributed by atoms with Gasteiger partial charge in [-0.3, -0.25) is 0 Å². The summed E-state index contributed by atoms with van der Waals surface area (Å²) in [6.07, 6.45) is 5.53. The Kier molecular flexibility index (Phi) is 7.39. The maximum Gasteiger partial charge on any atom is 0.143 e. The summed E-state index contributed by atoms with van der Waals surface area (Å²) in [5.74, 6) is 0. The zero-order chi connectivity index (χ0) is 31.7. The van der Waals surface area contributed by atoms with Crippen molar-refractivity contribution in [3.63, 3.8) is 0 Å². The Morgan fingerprint density at radius 1 is 0.532 bits per heavy atom.